The first kappa shape index (κ1) is 32.5. The van der Waals surface area contributed by atoms with Crippen molar-refractivity contribution in [2.45, 2.75) is 73.9 Å². The zero-order chi connectivity index (χ0) is 29.0. The molecule has 4 nitrogen and oxygen atoms in total. The number of halogens is 1. The van der Waals surface area contributed by atoms with E-state index in [0.29, 0.717) is 11.1 Å². The Morgan fingerprint density at radius 3 is 2.11 bits per heavy atom. The van der Waals surface area contributed by atoms with Gasteiger partial charge in [-0.05, 0) is 92.6 Å². The van der Waals surface area contributed by atoms with Crippen molar-refractivity contribution < 1.29 is 15.4 Å². The second-order valence-corrected chi connectivity index (χ2v) is 9.26. The first-order valence-electron chi connectivity index (χ1n) is 13.2. The first-order chi connectivity index (χ1) is 17.9. The number of nitrogens with one attached hydrogen (secondary N) is 1. The zero-order valence-corrected chi connectivity index (χ0v) is 24.2. The van der Waals surface area contributed by atoms with Gasteiger partial charge in [-0.1, -0.05) is 69.7 Å². The monoisotopic (exact) mass is 520 g/mol. The number of carbonyl (C=O) groups is 2. The molecule has 38 heavy (non-hydrogen) atoms. The van der Waals surface area contributed by atoms with Crippen molar-refractivity contribution in [3.63, 3.8) is 0 Å². The van der Waals surface area contributed by atoms with Crippen LogP contribution in [0, 0.1) is 12.7 Å². The predicted octanol–water partition coefficient (Wildman–Crippen LogP) is 8.37. The molecule has 1 unspecified atom stereocenters. The van der Waals surface area contributed by atoms with Crippen LogP contribution in [-0.4, -0.2) is 11.7 Å². The molecule has 3 N–H and O–H groups in total. The minimum atomic E-state index is -1.31. The standard InChI is InChI=1S/C26H27FN2O2.C5H10.C2H6.H2/c1-5-18-14-19(10-12-23(18)21-9-7-6-8-16(21)2)25(31)29-26(4,28)20-11-13-22(17(3)30)24(27)15-20;1-4-5(2)3;1-2;/h6-15H,5,28H2,1-4H3,(H,29,31);2,4H2,1,3H3;1-2H3;1H. The third kappa shape index (κ3) is 8.77. The lowest BCUT2D eigenvalue weighted by Gasteiger charge is -2.27. The maximum absolute atomic E-state index is 14.2. The quantitative estimate of drug-likeness (QED) is 0.187. The third-order valence-electron chi connectivity index (χ3n) is 6.11. The number of nitrogens with two attached hydrogens (primary N) is 1. The normalized spacial score (nSPS) is 11.6. The van der Waals surface area contributed by atoms with Crippen molar-refractivity contribution in [2.75, 3.05) is 0 Å². The number of hydrogen-bond acceptors (Lipinski definition) is 3. The van der Waals surface area contributed by atoms with E-state index in [1.54, 1.807) is 19.1 Å². The van der Waals surface area contributed by atoms with Crippen LogP contribution in [0.3, 0.4) is 0 Å². The number of Topliss-reactive ketones (excluding diaryl/α,β-unsaturated/α-hetero) is 1. The van der Waals surface area contributed by atoms with Crippen molar-refractivity contribution in [2.24, 2.45) is 5.73 Å². The lowest BCUT2D eigenvalue weighted by atomic mass is 9.93. The molecule has 3 aromatic carbocycles. The first-order valence-corrected chi connectivity index (χ1v) is 13.2. The van der Waals surface area contributed by atoms with Gasteiger partial charge in [-0.15, -0.1) is 6.58 Å². The van der Waals surface area contributed by atoms with Crippen LogP contribution in [0.15, 0.2) is 72.8 Å². The summed E-state index contributed by atoms with van der Waals surface area (Å²) in [6, 6.07) is 17.8. The van der Waals surface area contributed by atoms with E-state index < -0.39 is 11.5 Å². The van der Waals surface area contributed by atoms with E-state index >= 15 is 0 Å². The minimum absolute atomic E-state index is 0. The molecule has 0 radical (unpaired) electrons. The molecule has 0 bridgehead atoms. The highest BCUT2D eigenvalue weighted by atomic mass is 19.1. The summed E-state index contributed by atoms with van der Waals surface area (Å²) >= 11 is 0. The summed E-state index contributed by atoms with van der Waals surface area (Å²) < 4.78 is 14.2. The van der Waals surface area contributed by atoms with Gasteiger partial charge < -0.3 is 11.1 Å². The second-order valence-electron chi connectivity index (χ2n) is 9.26. The van der Waals surface area contributed by atoms with Crippen LogP contribution in [0.4, 0.5) is 4.39 Å². The fraction of sp³-hybridized carbons (Fsp3) is 0.333. The summed E-state index contributed by atoms with van der Waals surface area (Å²) in [5.41, 5.74) is 11.5. The summed E-state index contributed by atoms with van der Waals surface area (Å²) in [6.45, 7) is 18.8. The molecular formula is C33H45FN2O2. The molecule has 0 aromatic heterocycles. The number of benzene rings is 3. The van der Waals surface area contributed by atoms with E-state index in [2.05, 4.69) is 37.9 Å². The van der Waals surface area contributed by atoms with Gasteiger partial charge in [0.25, 0.3) is 5.91 Å². The highest BCUT2D eigenvalue weighted by Gasteiger charge is 2.26. The van der Waals surface area contributed by atoms with Crippen LogP contribution in [0.1, 0.15) is 93.7 Å². The summed E-state index contributed by atoms with van der Waals surface area (Å²) in [5, 5.41) is 2.77. The average molecular weight is 521 g/mol. The van der Waals surface area contributed by atoms with Gasteiger partial charge in [-0.3, -0.25) is 9.59 Å². The van der Waals surface area contributed by atoms with Crippen molar-refractivity contribution in [3.8, 4) is 11.1 Å². The minimum Gasteiger partial charge on any atom is -0.330 e. The molecule has 5 heteroatoms. The fourth-order valence-electron chi connectivity index (χ4n) is 3.67. The predicted molar refractivity (Wildman–Crippen MR) is 160 cm³/mol. The van der Waals surface area contributed by atoms with E-state index in [-0.39, 0.29) is 18.7 Å². The number of carbonyl (C=O) groups excluding carboxylic acids is 2. The Kier molecular flexibility index (Phi) is 12.8. The van der Waals surface area contributed by atoms with E-state index in [9.17, 15) is 14.0 Å². The van der Waals surface area contributed by atoms with E-state index in [1.165, 1.54) is 30.2 Å². The number of hydrogen-bond donors (Lipinski definition) is 2. The topological polar surface area (TPSA) is 72.2 Å². The van der Waals surface area contributed by atoms with Crippen LogP contribution in [0.5, 0.6) is 0 Å². The van der Waals surface area contributed by atoms with Crippen LogP contribution in [0.2, 0.25) is 0 Å². The Morgan fingerprint density at radius 1 is 1.00 bits per heavy atom. The van der Waals surface area contributed by atoms with E-state index in [1.807, 2.05) is 52.0 Å². The lowest BCUT2D eigenvalue weighted by molar-refractivity contribution is 0.0905. The Balaban J connectivity index is 0.00000162. The molecule has 1 atom stereocenters. The molecule has 0 aliphatic carbocycles. The lowest BCUT2D eigenvalue weighted by Crippen LogP contribution is -2.50. The van der Waals surface area contributed by atoms with Crippen molar-refractivity contribution in [1.29, 1.82) is 0 Å². The van der Waals surface area contributed by atoms with Crippen molar-refractivity contribution in [1.82, 2.24) is 5.32 Å². The smallest absolute Gasteiger partial charge is 0.252 e. The highest BCUT2D eigenvalue weighted by Crippen LogP contribution is 2.28. The second kappa shape index (κ2) is 15.0. The van der Waals surface area contributed by atoms with Gasteiger partial charge in [0, 0.05) is 6.99 Å². The average Bonchev–Trinajstić information content (AvgIpc) is 2.89. The SMILES string of the molecule is C=C(C)CC.CC.CCc1cc(C(=O)NC(C)(N)c2ccc(C(C)=O)c(F)c2)ccc1-c1ccccc1C.[HH]. The van der Waals surface area contributed by atoms with Crippen LogP contribution in [-0.2, 0) is 12.1 Å². The molecule has 0 saturated carbocycles. The maximum Gasteiger partial charge on any atom is 0.252 e. The van der Waals surface area contributed by atoms with Gasteiger partial charge in [0.2, 0.25) is 0 Å². The summed E-state index contributed by atoms with van der Waals surface area (Å²) in [7, 11) is 0. The molecule has 3 rings (SSSR count). The summed E-state index contributed by atoms with van der Waals surface area (Å²) in [4.78, 5) is 24.4. The molecule has 3 aromatic rings. The summed E-state index contributed by atoms with van der Waals surface area (Å²) in [5.74, 6) is -1.38. The number of rotatable bonds is 7. The van der Waals surface area contributed by atoms with E-state index in [4.69, 9.17) is 5.73 Å². The fourth-order valence-corrected chi connectivity index (χ4v) is 3.67. The molecule has 0 aliphatic rings. The van der Waals surface area contributed by atoms with Crippen molar-refractivity contribution in [3.05, 3.63) is 106 Å². The molecule has 0 spiro atoms. The molecule has 0 saturated heterocycles. The number of ketones is 1. The Hall–Kier alpha value is -3.57. The van der Waals surface area contributed by atoms with Crippen LogP contribution < -0.4 is 11.1 Å². The van der Waals surface area contributed by atoms with Gasteiger partial charge in [0.05, 0.1) is 5.56 Å². The largest absolute Gasteiger partial charge is 0.330 e. The Bertz CT molecular complexity index is 1270. The number of aryl methyl sites for hydroxylation is 2. The molecule has 0 aliphatic heterocycles. The van der Waals surface area contributed by atoms with Gasteiger partial charge in [0.1, 0.15) is 11.5 Å². The third-order valence-corrected chi connectivity index (χ3v) is 6.11. The molecule has 0 fully saturated rings. The Labute approximate surface area is 229 Å². The summed E-state index contributed by atoms with van der Waals surface area (Å²) in [6.07, 6.45) is 1.88. The van der Waals surface area contributed by atoms with Gasteiger partial charge in [-0.25, -0.2) is 4.39 Å². The van der Waals surface area contributed by atoms with Crippen LogP contribution in [0.25, 0.3) is 11.1 Å². The number of amides is 1. The Morgan fingerprint density at radius 2 is 1.61 bits per heavy atom. The highest BCUT2D eigenvalue weighted by molar-refractivity contribution is 5.96. The maximum atomic E-state index is 14.2. The van der Waals surface area contributed by atoms with Gasteiger partial charge >= 0.3 is 0 Å². The molecule has 1 amide bonds. The molecular weight excluding hydrogens is 475 g/mol. The van der Waals surface area contributed by atoms with Crippen molar-refractivity contribution >= 4 is 11.7 Å². The molecule has 0 heterocycles. The number of allylic oxidation sites excluding steroid dienone is 1. The van der Waals surface area contributed by atoms with Gasteiger partial charge in [-0.2, -0.15) is 0 Å². The van der Waals surface area contributed by atoms with E-state index in [0.717, 1.165) is 29.5 Å². The zero-order valence-electron chi connectivity index (χ0n) is 24.2. The van der Waals surface area contributed by atoms with Gasteiger partial charge in [0.15, 0.2) is 5.78 Å². The molecule has 206 valence electrons. The van der Waals surface area contributed by atoms with Crippen LogP contribution >= 0.6 is 0 Å².